The summed E-state index contributed by atoms with van der Waals surface area (Å²) in [7, 11) is 0. The lowest BCUT2D eigenvalue weighted by Crippen LogP contribution is -2.34. The fourth-order valence-electron chi connectivity index (χ4n) is 2.32. The maximum atomic E-state index is 11.5. The van der Waals surface area contributed by atoms with Gasteiger partial charge in [-0.25, -0.2) is 4.98 Å². The van der Waals surface area contributed by atoms with E-state index in [9.17, 15) is 4.79 Å². The number of halogens is 2. The zero-order valence-electron chi connectivity index (χ0n) is 12.4. The first-order valence-electron chi connectivity index (χ1n) is 6.78. The van der Waals surface area contributed by atoms with E-state index >= 15 is 0 Å². The Kier molecular flexibility index (Phi) is 9.40. The second kappa shape index (κ2) is 9.58. The zero-order chi connectivity index (χ0) is 13.8. The summed E-state index contributed by atoms with van der Waals surface area (Å²) in [6.07, 6.45) is 2.59. The van der Waals surface area contributed by atoms with E-state index in [1.807, 2.05) is 5.38 Å². The number of hydrogen-bond acceptors (Lipinski definition) is 5. The van der Waals surface area contributed by atoms with Crippen LogP contribution in [0.25, 0.3) is 0 Å². The molecule has 0 saturated carbocycles. The Balaban J connectivity index is 0.00000200. The number of nitrogens with zero attached hydrogens (tertiary/aromatic N) is 2. The molecule has 0 aliphatic carbocycles. The van der Waals surface area contributed by atoms with E-state index in [-0.39, 0.29) is 30.7 Å². The Labute approximate surface area is 142 Å². The van der Waals surface area contributed by atoms with Gasteiger partial charge in [-0.2, -0.15) is 0 Å². The number of likely N-dealkylation sites (tertiary alicyclic amines) is 1. The van der Waals surface area contributed by atoms with Gasteiger partial charge in [-0.15, -0.1) is 36.2 Å². The Bertz CT molecular complexity index is 442. The van der Waals surface area contributed by atoms with E-state index in [2.05, 4.69) is 22.1 Å². The van der Waals surface area contributed by atoms with Crippen molar-refractivity contribution >= 4 is 47.2 Å². The van der Waals surface area contributed by atoms with Crippen molar-refractivity contribution < 1.29 is 4.79 Å². The van der Waals surface area contributed by atoms with Crippen LogP contribution < -0.4 is 11.1 Å². The van der Waals surface area contributed by atoms with Gasteiger partial charge in [0.1, 0.15) is 0 Å². The summed E-state index contributed by atoms with van der Waals surface area (Å²) in [6, 6.07) is -0.504. The van der Waals surface area contributed by atoms with Crippen LogP contribution in [0.2, 0.25) is 0 Å². The summed E-state index contributed by atoms with van der Waals surface area (Å²) in [4.78, 5) is 18.3. The van der Waals surface area contributed by atoms with Crippen LogP contribution >= 0.6 is 36.2 Å². The van der Waals surface area contributed by atoms with E-state index in [1.165, 1.54) is 24.2 Å². The maximum Gasteiger partial charge on any atom is 0.242 e. The highest BCUT2D eigenvalue weighted by Crippen LogP contribution is 2.20. The molecule has 1 aromatic rings. The Morgan fingerprint density at radius 2 is 2.33 bits per heavy atom. The molecule has 2 atom stereocenters. The number of anilines is 1. The standard InChI is InChI=1S/C13H22N4OS.2ClH/c1-9-4-3-5-17(6-9)7-11-8-19-13(15-11)16-12(18)10(2)14;;/h8-10H,3-7,14H2,1-2H3,(H,15,16,18);2*1H/t9?,10-;;/m0../s1. The van der Waals surface area contributed by atoms with Crippen LogP contribution in [0.5, 0.6) is 0 Å². The molecular weight excluding hydrogens is 331 g/mol. The Morgan fingerprint density at radius 1 is 1.62 bits per heavy atom. The minimum atomic E-state index is -0.504. The van der Waals surface area contributed by atoms with Gasteiger partial charge in [-0.05, 0) is 32.2 Å². The SMILES string of the molecule is CC1CCCN(Cc2csc(NC(=O)[C@H](C)N)n2)C1.Cl.Cl. The number of rotatable bonds is 4. The molecule has 0 radical (unpaired) electrons. The number of nitrogens with two attached hydrogens (primary N) is 1. The summed E-state index contributed by atoms with van der Waals surface area (Å²) in [5.41, 5.74) is 6.54. The highest BCUT2D eigenvalue weighted by molar-refractivity contribution is 7.13. The van der Waals surface area contributed by atoms with Crippen molar-refractivity contribution in [1.29, 1.82) is 0 Å². The molecule has 1 fully saturated rings. The molecule has 1 unspecified atom stereocenters. The Hall–Kier alpha value is -0.400. The minimum absolute atomic E-state index is 0. The van der Waals surface area contributed by atoms with Crippen molar-refractivity contribution in [3.63, 3.8) is 0 Å². The predicted octanol–water partition coefficient (Wildman–Crippen LogP) is 2.50. The highest BCUT2D eigenvalue weighted by Gasteiger charge is 2.17. The van der Waals surface area contributed by atoms with Crippen molar-refractivity contribution in [3.05, 3.63) is 11.1 Å². The third kappa shape index (κ3) is 6.48. The van der Waals surface area contributed by atoms with Gasteiger partial charge < -0.3 is 11.1 Å². The molecule has 0 bridgehead atoms. The summed E-state index contributed by atoms with van der Waals surface area (Å²) in [5, 5.41) is 5.38. The number of aromatic nitrogens is 1. The molecule has 1 amide bonds. The second-order valence-electron chi connectivity index (χ2n) is 5.40. The van der Waals surface area contributed by atoms with Gasteiger partial charge in [0.05, 0.1) is 11.7 Å². The van der Waals surface area contributed by atoms with Crippen LogP contribution in [0.15, 0.2) is 5.38 Å². The van der Waals surface area contributed by atoms with Crippen LogP contribution in [0.4, 0.5) is 5.13 Å². The average molecular weight is 355 g/mol. The fourth-order valence-corrected chi connectivity index (χ4v) is 3.02. The zero-order valence-corrected chi connectivity index (χ0v) is 14.8. The van der Waals surface area contributed by atoms with Gasteiger partial charge in [0, 0.05) is 18.5 Å². The number of carbonyl (C=O) groups is 1. The molecule has 2 heterocycles. The van der Waals surface area contributed by atoms with Crippen molar-refractivity contribution in [2.45, 2.75) is 39.3 Å². The number of carbonyl (C=O) groups excluding carboxylic acids is 1. The van der Waals surface area contributed by atoms with Gasteiger partial charge in [0.15, 0.2) is 5.13 Å². The lowest BCUT2D eigenvalue weighted by atomic mass is 10.0. The van der Waals surface area contributed by atoms with Gasteiger partial charge >= 0.3 is 0 Å². The molecule has 21 heavy (non-hydrogen) atoms. The molecule has 0 spiro atoms. The minimum Gasteiger partial charge on any atom is -0.320 e. The predicted molar refractivity (Wildman–Crippen MR) is 92.6 cm³/mol. The van der Waals surface area contributed by atoms with Crippen molar-refractivity contribution in [2.75, 3.05) is 18.4 Å². The molecule has 122 valence electrons. The van der Waals surface area contributed by atoms with E-state index < -0.39 is 6.04 Å². The second-order valence-corrected chi connectivity index (χ2v) is 6.26. The molecular formula is C13H24Cl2N4OS. The number of piperidine rings is 1. The van der Waals surface area contributed by atoms with Gasteiger partial charge in [0.2, 0.25) is 5.91 Å². The number of amides is 1. The Morgan fingerprint density at radius 3 is 2.95 bits per heavy atom. The van der Waals surface area contributed by atoms with Crippen molar-refractivity contribution in [3.8, 4) is 0 Å². The first-order valence-corrected chi connectivity index (χ1v) is 7.65. The topological polar surface area (TPSA) is 71.2 Å². The summed E-state index contributed by atoms with van der Waals surface area (Å²) >= 11 is 1.46. The highest BCUT2D eigenvalue weighted by atomic mass is 35.5. The fraction of sp³-hybridized carbons (Fsp3) is 0.692. The third-order valence-electron chi connectivity index (χ3n) is 3.32. The summed E-state index contributed by atoms with van der Waals surface area (Å²) < 4.78 is 0. The van der Waals surface area contributed by atoms with E-state index in [0.717, 1.165) is 31.2 Å². The van der Waals surface area contributed by atoms with Crippen LogP contribution in [0.3, 0.4) is 0 Å². The van der Waals surface area contributed by atoms with Gasteiger partial charge in [0.25, 0.3) is 0 Å². The lowest BCUT2D eigenvalue weighted by Gasteiger charge is -2.30. The molecule has 1 aliphatic heterocycles. The maximum absolute atomic E-state index is 11.5. The first kappa shape index (κ1) is 20.6. The normalized spacial score (nSPS) is 20.0. The number of thiazole rings is 1. The molecule has 0 aromatic carbocycles. The van der Waals surface area contributed by atoms with Crippen LogP contribution in [0, 0.1) is 5.92 Å². The largest absolute Gasteiger partial charge is 0.320 e. The number of nitrogens with one attached hydrogen (secondary N) is 1. The smallest absolute Gasteiger partial charge is 0.242 e. The molecule has 1 aromatic heterocycles. The third-order valence-corrected chi connectivity index (χ3v) is 4.13. The van der Waals surface area contributed by atoms with Gasteiger partial charge in [-0.3, -0.25) is 9.69 Å². The quantitative estimate of drug-likeness (QED) is 0.871. The molecule has 1 saturated heterocycles. The number of hydrogen-bond donors (Lipinski definition) is 2. The van der Waals surface area contributed by atoms with Crippen molar-refractivity contribution in [1.82, 2.24) is 9.88 Å². The van der Waals surface area contributed by atoms with Crippen molar-refractivity contribution in [2.24, 2.45) is 11.7 Å². The van der Waals surface area contributed by atoms with E-state index in [4.69, 9.17) is 5.73 Å². The monoisotopic (exact) mass is 354 g/mol. The molecule has 1 aliphatic rings. The molecule has 8 heteroatoms. The van der Waals surface area contributed by atoms with Crippen LogP contribution in [-0.4, -0.2) is 34.9 Å². The van der Waals surface area contributed by atoms with E-state index in [0.29, 0.717) is 5.13 Å². The molecule has 3 N–H and O–H groups in total. The first-order chi connectivity index (χ1) is 9.04. The molecule has 2 rings (SSSR count). The summed E-state index contributed by atoms with van der Waals surface area (Å²) in [6.45, 7) is 7.11. The van der Waals surface area contributed by atoms with Crippen LogP contribution in [-0.2, 0) is 11.3 Å². The van der Waals surface area contributed by atoms with Gasteiger partial charge in [-0.1, -0.05) is 6.92 Å². The lowest BCUT2D eigenvalue weighted by molar-refractivity contribution is -0.117. The summed E-state index contributed by atoms with van der Waals surface area (Å²) in [5.74, 6) is 0.581. The average Bonchev–Trinajstić information content (AvgIpc) is 2.76. The molecule has 5 nitrogen and oxygen atoms in total. The van der Waals surface area contributed by atoms with Crippen LogP contribution in [0.1, 0.15) is 32.4 Å². The van der Waals surface area contributed by atoms with E-state index in [1.54, 1.807) is 6.92 Å².